The fraction of sp³-hybridized carbons (Fsp3) is 0.526. The molecule has 1 aliphatic heterocycles. The standard InChI is InChI=1S/C19H25NO3/c1-5-23-18(21)12-16-17-10-13-6-7-14(22-4)11-15(13)19(16,2)8-9-20(17)3/h6-7,11-12,17H,5,8-10H2,1-4H3. The summed E-state index contributed by atoms with van der Waals surface area (Å²) < 4.78 is 10.6. The molecule has 1 aliphatic carbocycles. The molecular weight excluding hydrogens is 290 g/mol. The van der Waals surface area contributed by atoms with Gasteiger partial charge in [-0.2, -0.15) is 0 Å². The van der Waals surface area contributed by atoms with Crippen molar-refractivity contribution in [1.82, 2.24) is 4.90 Å². The van der Waals surface area contributed by atoms with Gasteiger partial charge in [0.1, 0.15) is 5.75 Å². The van der Waals surface area contributed by atoms with E-state index in [9.17, 15) is 4.79 Å². The molecule has 0 saturated carbocycles. The van der Waals surface area contributed by atoms with Gasteiger partial charge in [-0.25, -0.2) is 4.79 Å². The Morgan fingerprint density at radius 3 is 2.96 bits per heavy atom. The van der Waals surface area contributed by atoms with Crippen LogP contribution in [0.4, 0.5) is 0 Å². The van der Waals surface area contributed by atoms with Crippen LogP contribution in [0.15, 0.2) is 29.8 Å². The second-order valence-corrected chi connectivity index (χ2v) is 6.66. The van der Waals surface area contributed by atoms with Crippen molar-refractivity contribution in [2.24, 2.45) is 0 Å². The minimum atomic E-state index is -0.236. The van der Waals surface area contributed by atoms with Gasteiger partial charge in [0, 0.05) is 17.5 Å². The molecule has 124 valence electrons. The first-order chi connectivity index (χ1) is 11.0. The molecule has 1 aromatic carbocycles. The van der Waals surface area contributed by atoms with E-state index in [1.165, 1.54) is 16.7 Å². The second-order valence-electron chi connectivity index (χ2n) is 6.66. The van der Waals surface area contributed by atoms with Crippen LogP contribution in [0.2, 0.25) is 0 Å². The first kappa shape index (κ1) is 16.1. The predicted octanol–water partition coefficient (Wildman–Crippen LogP) is 2.70. The Morgan fingerprint density at radius 2 is 2.26 bits per heavy atom. The number of hydrogen-bond donors (Lipinski definition) is 0. The van der Waals surface area contributed by atoms with Crippen molar-refractivity contribution in [3.63, 3.8) is 0 Å². The number of piperidine rings is 1. The third kappa shape index (κ3) is 2.65. The van der Waals surface area contributed by atoms with Gasteiger partial charge in [-0.15, -0.1) is 0 Å². The molecule has 0 radical (unpaired) electrons. The molecule has 0 amide bonds. The van der Waals surface area contributed by atoms with E-state index in [0.717, 1.165) is 25.1 Å². The highest BCUT2D eigenvalue weighted by Gasteiger charge is 2.46. The summed E-state index contributed by atoms with van der Waals surface area (Å²) >= 11 is 0. The normalized spacial score (nSPS) is 28.3. The van der Waals surface area contributed by atoms with Crippen molar-refractivity contribution in [3.05, 3.63) is 41.0 Å². The smallest absolute Gasteiger partial charge is 0.330 e. The average molecular weight is 315 g/mol. The molecule has 1 heterocycles. The summed E-state index contributed by atoms with van der Waals surface area (Å²) in [6, 6.07) is 6.59. The molecule has 2 unspecified atom stereocenters. The maximum Gasteiger partial charge on any atom is 0.330 e. The van der Waals surface area contributed by atoms with Gasteiger partial charge in [0.25, 0.3) is 0 Å². The van der Waals surface area contributed by atoms with Gasteiger partial charge in [-0.1, -0.05) is 13.0 Å². The number of rotatable bonds is 3. The van der Waals surface area contributed by atoms with Crippen molar-refractivity contribution in [1.29, 1.82) is 0 Å². The summed E-state index contributed by atoms with van der Waals surface area (Å²) in [4.78, 5) is 14.4. The number of hydrogen-bond acceptors (Lipinski definition) is 4. The number of fused-ring (bicyclic) bond motifs is 4. The van der Waals surface area contributed by atoms with Crippen molar-refractivity contribution < 1.29 is 14.3 Å². The number of esters is 1. The quantitative estimate of drug-likeness (QED) is 0.635. The lowest BCUT2D eigenvalue weighted by atomic mass is 9.61. The van der Waals surface area contributed by atoms with Gasteiger partial charge >= 0.3 is 5.97 Å². The number of carbonyl (C=O) groups excluding carboxylic acids is 1. The van der Waals surface area contributed by atoms with Crippen LogP contribution in [0.5, 0.6) is 5.75 Å². The van der Waals surface area contributed by atoms with Crippen LogP contribution in [0.1, 0.15) is 31.4 Å². The molecular formula is C19H25NO3. The van der Waals surface area contributed by atoms with E-state index >= 15 is 0 Å². The molecule has 23 heavy (non-hydrogen) atoms. The molecule has 2 atom stereocenters. The van der Waals surface area contributed by atoms with E-state index in [0.29, 0.717) is 6.61 Å². The van der Waals surface area contributed by atoms with Gasteiger partial charge < -0.3 is 9.47 Å². The number of nitrogens with zero attached hydrogens (tertiary/aromatic N) is 1. The number of likely N-dealkylation sites (tertiary alicyclic amines) is 1. The van der Waals surface area contributed by atoms with Gasteiger partial charge in [0.15, 0.2) is 0 Å². The number of methoxy groups -OCH3 is 1. The monoisotopic (exact) mass is 315 g/mol. The van der Waals surface area contributed by atoms with Crippen molar-refractivity contribution in [3.8, 4) is 5.75 Å². The van der Waals surface area contributed by atoms with Crippen LogP contribution < -0.4 is 4.74 Å². The van der Waals surface area contributed by atoms with Crippen LogP contribution in [-0.4, -0.2) is 44.2 Å². The highest BCUT2D eigenvalue weighted by Crippen LogP contribution is 2.48. The number of carbonyl (C=O) groups is 1. The Hall–Kier alpha value is -1.81. The second kappa shape index (κ2) is 6.00. The molecule has 0 aromatic heterocycles. The Balaban J connectivity index is 2.11. The maximum absolute atomic E-state index is 12.1. The van der Waals surface area contributed by atoms with Crippen LogP contribution >= 0.6 is 0 Å². The highest BCUT2D eigenvalue weighted by molar-refractivity contribution is 5.84. The Labute approximate surface area is 138 Å². The van der Waals surface area contributed by atoms with E-state index in [1.54, 1.807) is 13.2 Å². The molecule has 1 saturated heterocycles. The fourth-order valence-corrected chi connectivity index (χ4v) is 4.01. The summed E-state index contributed by atoms with van der Waals surface area (Å²) in [7, 11) is 3.83. The SMILES string of the molecule is CCOC(=O)C=C1C2Cc3ccc(OC)cc3C1(C)CCN2C. The van der Waals surface area contributed by atoms with E-state index < -0.39 is 0 Å². The molecule has 1 aromatic rings. The predicted molar refractivity (Wildman–Crippen MR) is 89.8 cm³/mol. The summed E-state index contributed by atoms with van der Waals surface area (Å²) in [5.41, 5.74) is 3.68. The minimum Gasteiger partial charge on any atom is -0.497 e. The summed E-state index contributed by atoms with van der Waals surface area (Å²) in [5, 5.41) is 0. The summed E-state index contributed by atoms with van der Waals surface area (Å²) in [6.07, 6.45) is 3.65. The van der Waals surface area contributed by atoms with Crippen molar-refractivity contribution in [2.45, 2.75) is 38.1 Å². The van der Waals surface area contributed by atoms with Gasteiger partial charge in [-0.05, 0) is 62.2 Å². The van der Waals surface area contributed by atoms with E-state index in [1.807, 2.05) is 13.0 Å². The minimum absolute atomic E-state index is 0.133. The zero-order valence-corrected chi connectivity index (χ0v) is 14.4. The first-order valence-electron chi connectivity index (χ1n) is 8.26. The maximum atomic E-state index is 12.1. The van der Waals surface area contributed by atoms with Crippen molar-refractivity contribution >= 4 is 5.97 Å². The van der Waals surface area contributed by atoms with Crippen LogP contribution in [0, 0.1) is 0 Å². The fourth-order valence-electron chi connectivity index (χ4n) is 4.01. The molecule has 0 N–H and O–H groups in total. The van der Waals surface area contributed by atoms with E-state index in [2.05, 4.69) is 31.0 Å². The number of ether oxygens (including phenoxy) is 2. The Bertz CT molecular complexity index is 652. The highest BCUT2D eigenvalue weighted by atomic mass is 16.5. The lowest BCUT2D eigenvalue weighted by Gasteiger charge is -2.51. The first-order valence-corrected chi connectivity index (χ1v) is 8.26. The summed E-state index contributed by atoms with van der Waals surface area (Å²) in [5.74, 6) is 0.637. The topological polar surface area (TPSA) is 38.8 Å². The lowest BCUT2D eigenvalue weighted by molar-refractivity contribution is -0.137. The lowest BCUT2D eigenvalue weighted by Crippen LogP contribution is -2.52. The van der Waals surface area contributed by atoms with Crippen LogP contribution in [0.25, 0.3) is 0 Å². The van der Waals surface area contributed by atoms with Crippen molar-refractivity contribution in [2.75, 3.05) is 27.3 Å². The van der Waals surface area contributed by atoms with E-state index in [-0.39, 0.29) is 17.4 Å². The van der Waals surface area contributed by atoms with Crippen LogP contribution in [0.3, 0.4) is 0 Å². The zero-order chi connectivity index (χ0) is 16.6. The molecule has 3 rings (SSSR count). The van der Waals surface area contributed by atoms with Crippen LogP contribution in [-0.2, 0) is 21.4 Å². The molecule has 4 heteroatoms. The largest absolute Gasteiger partial charge is 0.497 e. The average Bonchev–Trinajstić information content (AvgIpc) is 2.54. The Morgan fingerprint density at radius 1 is 1.48 bits per heavy atom. The third-order valence-corrected chi connectivity index (χ3v) is 5.38. The van der Waals surface area contributed by atoms with Gasteiger partial charge in [0.2, 0.25) is 0 Å². The van der Waals surface area contributed by atoms with Gasteiger partial charge in [0.05, 0.1) is 13.7 Å². The molecule has 0 spiro atoms. The molecule has 2 aliphatic rings. The molecule has 1 fully saturated rings. The number of likely N-dealkylation sites (N-methyl/N-ethyl adjacent to an activating group) is 1. The third-order valence-electron chi connectivity index (χ3n) is 5.38. The molecule has 4 nitrogen and oxygen atoms in total. The number of benzene rings is 1. The zero-order valence-electron chi connectivity index (χ0n) is 14.4. The molecule has 2 bridgehead atoms. The van der Waals surface area contributed by atoms with E-state index in [4.69, 9.17) is 9.47 Å². The summed E-state index contributed by atoms with van der Waals surface area (Å²) in [6.45, 7) is 5.52. The van der Waals surface area contributed by atoms with Gasteiger partial charge in [-0.3, -0.25) is 4.90 Å². The Kier molecular flexibility index (Phi) is 4.19.